The van der Waals surface area contributed by atoms with Crippen LogP contribution >= 0.6 is 0 Å². The Morgan fingerprint density at radius 3 is 2.81 bits per heavy atom. The van der Waals surface area contributed by atoms with Crippen molar-refractivity contribution in [3.8, 4) is 0 Å². The fourth-order valence-corrected chi connectivity index (χ4v) is 3.00. The summed E-state index contributed by atoms with van der Waals surface area (Å²) in [5, 5.41) is 0. The third-order valence-corrected chi connectivity index (χ3v) is 4.11. The molecular weight excluding hydrogens is 268 g/mol. The van der Waals surface area contributed by atoms with Crippen LogP contribution in [-0.4, -0.2) is 43.1 Å². The van der Waals surface area contributed by atoms with Crippen LogP contribution in [0.1, 0.15) is 23.7 Å². The van der Waals surface area contributed by atoms with E-state index in [1.54, 1.807) is 29.0 Å². The van der Waals surface area contributed by atoms with Crippen LogP contribution in [-0.2, 0) is 9.53 Å². The highest BCUT2D eigenvalue weighted by Crippen LogP contribution is 2.33. The number of para-hydroxylation sites is 1. The molecule has 1 saturated heterocycles. The average Bonchev–Trinajstić information content (AvgIpc) is 2.93. The monoisotopic (exact) mass is 286 g/mol. The number of rotatable bonds is 2. The van der Waals surface area contributed by atoms with Gasteiger partial charge in [-0.05, 0) is 25.5 Å². The van der Waals surface area contributed by atoms with Crippen molar-refractivity contribution in [1.29, 1.82) is 0 Å². The summed E-state index contributed by atoms with van der Waals surface area (Å²) in [4.78, 5) is 28.8. The smallest absolute Gasteiger partial charge is 0.256 e. The Kier molecular flexibility index (Phi) is 3.51. The molecule has 0 N–H and O–H groups in total. The summed E-state index contributed by atoms with van der Waals surface area (Å²) in [6, 6.07) is 6.79. The number of amides is 2. The molecule has 0 bridgehead atoms. The van der Waals surface area contributed by atoms with E-state index in [0.29, 0.717) is 24.2 Å². The first-order chi connectivity index (χ1) is 10.2. The second-order valence-electron chi connectivity index (χ2n) is 5.30. The van der Waals surface area contributed by atoms with E-state index in [4.69, 9.17) is 4.74 Å². The lowest BCUT2D eigenvalue weighted by molar-refractivity contribution is -0.123. The van der Waals surface area contributed by atoms with Gasteiger partial charge in [-0.3, -0.25) is 14.5 Å². The van der Waals surface area contributed by atoms with Crippen LogP contribution < -0.4 is 4.90 Å². The van der Waals surface area contributed by atoms with Gasteiger partial charge in [0.2, 0.25) is 0 Å². The molecule has 3 rings (SSSR count). The minimum absolute atomic E-state index is 0.0769. The van der Waals surface area contributed by atoms with Gasteiger partial charge in [0.15, 0.2) is 0 Å². The molecule has 110 valence electrons. The van der Waals surface area contributed by atoms with E-state index >= 15 is 0 Å². The molecule has 0 saturated carbocycles. The summed E-state index contributed by atoms with van der Waals surface area (Å²) in [5.74, 6) is -0.161. The minimum Gasteiger partial charge on any atom is -0.364 e. The lowest BCUT2D eigenvalue weighted by Crippen LogP contribution is -2.45. The predicted molar refractivity (Wildman–Crippen MR) is 79.0 cm³/mol. The van der Waals surface area contributed by atoms with E-state index < -0.39 is 6.04 Å². The fraction of sp³-hybridized carbons (Fsp3) is 0.375. The quantitative estimate of drug-likeness (QED) is 0.779. The number of nitrogens with zero attached hydrogens (tertiary/aromatic N) is 2. The molecule has 2 aliphatic rings. The van der Waals surface area contributed by atoms with Crippen molar-refractivity contribution < 1.29 is 14.3 Å². The molecule has 1 atom stereocenters. The van der Waals surface area contributed by atoms with Crippen molar-refractivity contribution in [3.05, 3.63) is 41.5 Å². The largest absolute Gasteiger partial charge is 0.364 e. The Labute approximate surface area is 123 Å². The molecule has 2 amide bonds. The molecule has 1 fully saturated rings. The maximum Gasteiger partial charge on any atom is 0.256 e. The highest BCUT2D eigenvalue weighted by molar-refractivity contribution is 6.11. The zero-order chi connectivity index (χ0) is 15.0. The number of anilines is 1. The molecule has 5 heteroatoms. The normalized spacial score (nSPS) is 23.3. The number of carbonyl (C=O) groups excluding carboxylic acids is 2. The number of methoxy groups -OCH3 is 1. The molecule has 0 spiro atoms. The summed E-state index contributed by atoms with van der Waals surface area (Å²) in [6.45, 7) is 2.62. The molecular formula is C16H18N2O3. The summed E-state index contributed by atoms with van der Waals surface area (Å²) >= 11 is 0. The first-order valence-electron chi connectivity index (χ1n) is 7.01. The van der Waals surface area contributed by atoms with Gasteiger partial charge in [-0.2, -0.15) is 0 Å². The van der Waals surface area contributed by atoms with Crippen LogP contribution in [0.25, 0.3) is 0 Å². The number of fused-ring (bicyclic) bond motifs is 2. The third kappa shape index (κ3) is 2.14. The average molecular weight is 286 g/mol. The van der Waals surface area contributed by atoms with Gasteiger partial charge in [0.05, 0.1) is 11.3 Å². The Balaban J connectivity index is 2.11. The zero-order valence-corrected chi connectivity index (χ0v) is 12.2. The van der Waals surface area contributed by atoms with Gasteiger partial charge in [0.1, 0.15) is 12.8 Å². The van der Waals surface area contributed by atoms with E-state index in [2.05, 4.69) is 0 Å². The second-order valence-corrected chi connectivity index (χ2v) is 5.30. The number of hydrogen-bond acceptors (Lipinski definition) is 3. The predicted octanol–water partition coefficient (Wildman–Crippen LogP) is 1.80. The highest BCUT2D eigenvalue weighted by Gasteiger charge is 2.43. The topological polar surface area (TPSA) is 49.9 Å². The Morgan fingerprint density at radius 2 is 2.10 bits per heavy atom. The maximum atomic E-state index is 12.8. The van der Waals surface area contributed by atoms with Crippen LogP contribution in [0.4, 0.5) is 5.69 Å². The van der Waals surface area contributed by atoms with Crippen molar-refractivity contribution in [1.82, 2.24) is 4.90 Å². The molecule has 2 aliphatic heterocycles. The van der Waals surface area contributed by atoms with Gasteiger partial charge >= 0.3 is 0 Å². The Hall–Kier alpha value is -2.14. The van der Waals surface area contributed by atoms with Crippen molar-refractivity contribution in [2.45, 2.75) is 19.4 Å². The molecule has 0 radical (unpaired) electrons. The van der Waals surface area contributed by atoms with Crippen molar-refractivity contribution >= 4 is 17.5 Å². The lowest BCUT2D eigenvalue weighted by atomic mass is 10.1. The summed E-state index contributed by atoms with van der Waals surface area (Å²) in [7, 11) is 1.55. The molecule has 21 heavy (non-hydrogen) atoms. The molecule has 0 aliphatic carbocycles. The van der Waals surface area contributed by atoms with Crippen LogP contribution in [0, 0.1) is 0 Å². The fourth-order valence-electron chi connectivity index (χ4n) is 3.00. The van der Waals surface area contributed by atoms with Gasteiger partial charge in [-0.25, -0.2) is 0 Å². The van der Waals surface area contributed by atoms with Crippen LogP contribution in [0.5, 0.6) is 0 Å². The SMILES string of the molecule is C/C=C1\C[C@H]2C(=O)N(COC)c3ccccc3C(=O)N2C1. The number of allylic oxidation sites excluding steroid dienone is 1. The second kappa shape index (κ2) is 5.33. The number of carbonyl (C=O) groups is 2. The first-order valence-corrected chi connectivity index (χ1v) is 7.01. The molecule has 0 aromatic heterocycles. The van der Waals surface area contributed by atoms with E-state index in [-0.39, 0.29) is 18.5 Å². The van der Waals surface area contributed by atoms with Crippen molar-refractivity contribution in [2.24, 2.45) is 0 Å². The van der Waals surface area contributed by atoms with Gasteiger partial charge in [-0.1, -0.05) is 23.8 Å². The van der Waals surface area contributed by atoms with E-state index in [9.17, 15) is 9.59 Å². The van der Waals surface area contributed by atoms with E-state index in [1.807, 2.05) is 25.1 Å². The molecule has 1 aromatic rings. The lowest BCUT2D eigenvalue weighted by Gasteiger charge is -2.24. The van der Waals surface area contributed by atoms with Gasteiger partial charge in [0.25, 0.3) is 11.8 Å². The Bertz CT molecular complexity index is 624. The summed E-state index contributed by atoms with van der Waals surface area (Å²) in [5.41, 5.74) is 2.31. The van der Waals surface area contributed by atoms with Crippen molar-refractivity contribution in [2.75, 3.05) is 25.3 Å². The molecule has 2 heterocycles. The zero-order valence-electron chi connectivity index (χ0n) is 12.2. The first kappa shape index (κ1) is 13.8. The number of benzene rings is 1. The van der Waals surface area contributed by atoms with Crippen LogP contribution in [0.15, 0.2) is 35.9 Å². The third-order valence-electron chi connectivity index (χ3n) is 4.11. The molecule has 5 nitrogen and oxygen atoms in total. The summed E-state index contributed by atoms with van der Waals surface area (Å²) in [6.07, 6.45) is 2.59. The maximum absolute atomic E-state index is 12.8. The van der Waals surface area contributed by atoms with Crippen LogP contribution in [0.2, 0.25) is 0 Å². The van der Waals surface area contributed by atoms with Gasteiger partial charge < -0.3 is 9.64 Å². The summed E-state index contributed by atoms with van der Waals surface area (Å²) < 4.78 is 5.16. The number of ether oxygens (including phenoxy) is 1. The molecule has 0 unspecified atom stereocenters. The van der Waals surface area contributed by atoms with Crippen molar-refractivity contribution in [3.63, 3.8) is 0 Å². The molecule has 1 aromatic carbocycles. The van der Waals surface area contributed by atoms with E-state index in [0.717, 1.165) is 5.57 Å². The van der Waals surface area contributed by atoms with Crippen LogP contribution in [0.3, 0.4) is 0 Å². The van der Waals surface area contributed by atoms with Gasteiger partial charge in [-0.15, -0.1) is 0 Å². The standard InChI is InChI=1S/C16H18N2O3/c1-3-11-8-14-16(20)18(10-21-2)13-7-5-4-6-12(13)15(19)17(14)9-11/h3-7,14H,8-10H2,1-2H3/b11-3+/t14-/m0/s1. The van der Waals surface area contributed by atoms with Gasteiger partial charge in [0, 0.05) is 13.7 Å². The van der Waals surface area contributed by atoms with E-state index in [1.165, 1.54) is 0 Å². The number of hydrogen-bond donors (Lipinski definition) is 0. The Morgan fingerprint density at radius 1 is 1.33 bits per heavy atom. The minimum atomic E-state index is -0.425. The highest BCUT2D eigenvalue weighted by atomic mass is 16.5.